The third-order valence-electron chi connectivity index (χ3n) is 4.06. The molecule has 1 aliphatic heterocycles. The molecule has 9 nitrogen and oxygen atoms in total. The van der Waals surface area contributed by atoms with E-state index in [1.807, 2.05) is 10.9 Å². The van der Waals surface area contributed by atoms with Crippen LogP contribution in [0.5, 0.6) is 0 Å². The number of aromatic nitrogens is 6. The summed E-state index contributed by atoms with van der Waals surface area (Å²) in [5.74, 6) is 0.667. The molecule has 1 saturated heterocycles. The molecule has 3 aromatic heterocycles. The van der Waals surface area contributed by atoms with Gasteiger partial charge in [0, 0.05) is 12.8 Å². The second kappa shape index (κ2) is 6.54. The molecule has 0 bridgehead atoms. The minimum atomic E-state index is 0.0134. The van der Waals surface area contributed by atoms with Gasteiger partial charge in [-0.15, -0.1) is 0 Å². The highest BCUT2D eigenvalue weighted by Gasteiger charge is 2.16. The molecule has 1 aliphatic rings. The first-order valence-corrected chi connectivity index (χ1v) is 8.02. The molecular formula is C15H19N7O2. The highest BCUT2D eigenvalue weighted by atomic mass is 16.5. The van der Waals surface area contributed by atoms with Crippen LogP contribution in [0.15, 0.2) is 24.9 Å². The van der Waals surface area contributed by atoms with E-state index in [-0.39, 0.29) is 12.7 Å². The molecule has 0 radical (unpaired) electrons. The number of rotatable bonds is 6. The van der Waals surface area contributed by atoms with Crippen molar-refractivity contribution in [2.75, 3.05) is 18.5 Å². The summed E-state index contributed by atoms with van der Waals surface area (Å²) < 4.78 is 9.17. The van der Waals surface area contributed by atoms with Gasteiger partial charge in [0.15, 0.2) is 5.65 Å². The predicted molar refractivity (Wildman–Crippen MR) is 86.9 cm³/mol. The minimum Gasteiger partial charge on any atom is -0.394 e. The summed E-state index contributed by atoms with van der Waals surface area (Å²) in [5, 5.41) is 21.7. The summed E-state index contributed by atoms with van der Waals surface area (Å²) in [6, 6.07) is 0. The van der Waals surface area contributed by atoms with Crippen LogP contribution in [0.2, 0.25) is 0 Å². The van der Waals surface area contributed by atoms with E-state index in [2.05, 4.69) is 25.5 Å². The van der Waals surface area contributed by atoms with E-state index < -0.39 is 0 Å². The van der Waals surface area contributed by atoms with Gasteiger partial charge in [-0.2, -0.15) is 10.2 Å². The SMILES string of the molecule is OCCn1ncc2c(Nc3cnn(CC4CCCO4)c3)ncnc21. The number of nitrogens with one attached hydrogen (secondary N) is 1. The van der Waals surface area contributed by atoms with Gasteiger partial charge in [0.05, 0.1) is 49.3 Å². The van der Waals surface area contributed by atoms with Crippen molar-refractivity contribution >= 4 is 22.5 Å². The molecule has 0 spiro atoms. The third-order valence-corrected chi connectivity index (χ3v) is 4.06. The van der Waals surface area contributed by atoms with Gasteiger partial charge in [-0.05, 0) is 12.8 Å². The summed E-state index contributed by atoms with van der Waals surface area (Å²) >= 11 is 0. The maximum absolute atomic E-state index is 9.08. The summed E-state index contributed by atoms with van der Waals surface area (Å²) in [6.07, 6.45) is 9.34. The molecule has 126 valence electrons. The summed E-state index contributed by atoms with van der Waals surface area (Å²) in [5.41, 5.74) is 1.54. The van der Waals surface area contributed by atoms with Gasteiger partial charge in [-0.1, -0.05) is 0 Å². The molecule has 0 amide bonds. The number of ether oxygens (including phenoxy) is 1. The largest absolute Gasteiger partial charge is 0.394 e. The zero-order chi connectivity index (χ0) is 16.4. The number of aliphatic hydroxyl groups excluding tert-OH is 1. The Bertz CT molecular complexity index is 822. The zero-order valence-corrected chi connectivity index (χ0v) is 13.2. The predicted octanol–water partition coefficient (Wildman–Crippen LogP) is 0.938. The Hall–Kier alpha value is -2.52. The van der Waals surface area contributed by atoms with E-state index in [9.17, 15) is 0 Å². The van der Waals surface area contributed by atoms with E-state index >= 15 is 0 Å². The summed E-state index contributed by atoms with van der Waals surface area (Å²) in [4.78, 5) is 8.52. The molecule has 9 heteroatoms. The lowest BCUT2D eigenvalue weighted by Crippen LogP contribution is -2.15. The fourth-order valence-electron chi connectivity index (χ4n) is 2.91. The number of anilines is 2. The maximum Gasteiger partial charge on any atom is 0.163 e. The van der Waals surface area contributed by atoms with Crippen LogP contribution in [-0.4, -0.2) is 54.0 Å². The Morgan fingerprint density at radius 2 is 2.25 bits per heavy atom. The van der Waals surface area contributed by atoms with Gasteiger partial charge in [-0.25, -0.2) is 14.6 Å². The number of hydrogen-bond acceptors (Lipinski definition) is 7. The Morgan fingerprint density at radius 3 is 3.08 bits per heavy atom. The van der Waals surface area contributed by atoms with Gasteiger partial charge < -0.3 is 15.2 Å². The average molecular weight is 329 g/mol. The number of hydrogen-bond donors (Lipinski definition) is 2. The smallest absolute Gasteiger partial charge is 0.163 e. The molecule has 1 fully saturated rings. The molecule has 2 N–H and O–H groups in total. The fraction of sp³-hybridized carbons (Fsp3) is 0.467. The molecular weight excluding hydrogens is 310 g/mol. The van der Waals surface area contributed by atoms with Crippen molar-refractivity contribution in [3.63, 3.8) is 0 Å². The van der Waals surface area contributed by atoms with E-state index in [0.717, 1.165) is 37.1 Å². The first-order chi connectivity index (χ1) is 11.8. The highest BCUT2D eigenvalue weighted by molar-refractivity contribution is 5.87. The van der Waals surface area contributed by atoms with Crippen LogP contribution in [-0.2, 0) is 17.8 Å². The van der Waals surface area contributed by atoms with Crippen LogP contribution >= 0.6 is 0 Å². The molecule has 4 rings (SSSR count). The van der Waals surface area contributed by atoms with Gasteiger partial charge in [-0.3, -0.25) is 4.68 Å². The molecule has 4 heterocycles. The van der Waals surface area contributed by atoms with Gasteiger partial charge >= 0.3 is 0 Å². The lowest BCUT2D eigenvalue weighted by molar-refractivity contribution is 0.0940. The van der Waals surface area contributed by atoms with Crippen molar-refractivity contribution in [1.82, 2.24) is 29.5 Å². The van der Waals surface area contributed by atoms with Crippen LogP contribution in [0.4, 0.5) is 11.5 Å². The van der Waals surface area contributed by atoms with Gasteiger partial charge in [0.1, 0.15) is 12.1 Å². The quantitative estimate of drug-likeness (QED) is 0.693. The van der Waals surface area contributed by atoms with E-state index in [0.29, 0.717) is 18.0 Å². The lowest BCUT2D eigenvalue weighted by atomic mass is 10.2. The van der Waals surface area contributed by atoms with Crippen LogP contribution in [0.25, 0.3) is 11.0 Å². The van der Waals surface area contributed by atoms with Gasteiger partial charge in [0.25, 0.3) is 0 Å². The van der Waals surface area contributed by atoms with Crippen LogP contribution < -0.4 is 5.32 Å². The van der Waals surface area contributed by atoms with Crippen molar-refractivity contribution in [2.24, 2.45) is 0 Å². The summed E-state index contributed by atoms with van der Waals surface area (Å²) in [7, 11) is 0. The Morgan fingerprint density at radius 1 is 1.29 bits per heavy atom. The lowest BCUT2D eigenvalue weighted by Gasteiger charge is -2.08. The van der Waals surface area contributed by atoms with Crippen LogP contribution in [0.3, 0.4) is 0 Å². The number of aliphatic hydroxyl groups is 1. The zero-order valence-electron chi connectivity index (χ0n) is 13.2. The minimum absolute atomic E-state index is 0.0134. The molecule has 0 aliphatic carbocycles. The molecule has 1 unspecified atom stereocenters. The van der Waals surface area contributed by atoms with Crippen molar-refractivity contribution < 1.29 is 9.84 Å². The summed E-state index contributed by atoms with van der Waals surface area (Å²) in [6.45, 7) is 2.02. The number of nitrogens with zero attached hydrogens (tertiary/aromatic N) is 6. The highest BCUT2D eigenvalue weighted by Crippen LogP contribution is 2.22. The monoisotopic (exact) mass is 329 g/mol. The van der Waals surface area contributed by atoms with Crippen LogP contribution in [0.1, 0.15) is 12.8 Å². The van der Waals surface area contributed by atoms with Gasteiger partial charge in [0.2, 0.25) is 0 Å². The van der Waals surface area contributed by atoms with Crippen LogP contribution in [0, 0.1) is 0 Å². The Balaban J connectivity index is 1.52. The van der Waals surface area contributed by atoms with Crippen molar-refractivity contribution in [2.45, 2.75) is 32.0 Å². The van der Waals surface area contributed by atoms with Crippen molar-refractivity contribution in [3.05, 3.63) is 24.9 Å². The second-order valence-corrected chi connectivity index (χ2v) is 5.76. The van der Waals surface area contributed by atoms with Crippen molar-refractivity contribution in [3.8, 4) is 0 Å². The second-order valence-electron chi connectivity index (χ2n) is 5.76. The molecule has 0 saturated carbocycles. The number of fused-ring (bicyclic) bond motifs is 1. The topological polar surface area (TPSA) is 103 Å². The first kappa shape index (κ1) is 15.0. The standard InChI is InChI=1S/C15H19N7O2/c23-4-3-22-15-13(7-19-22)14(16-10-17-15)20-11-6-18-21(8-11)9-12-2-1-5-24-12/h6-8,10,12,23H,1-5,9H2,(H,16,17,20). The maximum atomic E-state index is 9.08. The third kappa shape index (κ3) is 2.95. The molecule has 0 aromatic carbocycles. The molecule has 24 heavy (non-hydrogen) atoms. The van der Waals surface area contributed by atoms with Crippen molar-refractivity contribution in [1.29, 1.82) is 0 Å². The fourth-order valence-corrected chi connectivity index (χ4v) is 2.91. The molecule has 1 atom stereocenters. The normalized spacial score (nSPS) is 17.6. The average Bonchev–Trinajstić information content (AvgIpc) is 3.31. The molecule has 3 aromatic rings. The van der Waals surface area contributed by atoms with E-state index in [4.69, 9.17) is 9.84 Å². The van der Waals surface area contributed by atoms with E-state index in [1.54, 1.807) is 17.1 Å². The van der Waals surface area contributed by atoms with E-state index in [1.165, 1.54) is 6.33 Å². The Kier molecular flexibility index (Phi) is 4.09. The first-order valence-electron chi connectivity index (χ1n) is 8.02. The Labute approximate surface area is 138 Å².